The zero-order chi connectivity index (χ0) is 18.4. The Balaban J connectivity index is 2.23. The molecule has 2 amide bonds. The first-order valence-electron chi connectivity index (χ1n) is 7.99. The first-order chi connectivity index (χ1) is 11.9. The van der Waals surface area contributed by atoms with Gasteiger partial charge in [-0.15, -0.1) is 0 Å². The second-order valence-electron chi connectivity index (χ2n) is 6.18. The summed E-state index contributed by atoms with van der Waals surface area (Å²) in [7, 11) is 1.66. The van der Waals surface area contributed by atoms with E-state index in [0.717, 1.165) is 0 Å². The van der Waals surface area contributed by atoms with Crippen LogP contribution in [0.3, 0.4) is 0 Å². The number of carbonyl (C=O) groups excluding carboxylic acids is 2. The summed E-state index contributed by atoms with van der Waals surface area (Å²) in [6, 6.07) is 10.1. The van der Waals surface area contributed by atoms with Crippen molar-refractivity contribution in [3.05, 3.63) is 47.8 Å². The van der Waals surface area contributed by atoms with E-state index in [1.165, 1.54) is 4.68 Å². The lowest BCUT2D eigenvalue weighted by atomic mass is 10.0. The Bertz CT molecular complexity index is 790. The smallest absolute Gasteiger partial charge is 0.251 e. The summed E-state index contributed by atoms with van der Waals surface area (Å²) < 4.78 is 1.45. The van der Waals surface area contributed by atoms with Gasteiger partial charge in [-0.2, -0.15) is 10.4 Å². The van der Waals surface area contributed by atoms with Crippen molar-refractivity contribution in [3.8, 4) is 6.07 Å². The second kappa shape index (κ2) is 8.11. The molecule has 2 rings (SSSR count). The second-order valence-corrected chi connectivity index (χ2v) is 6.18. The summed E-state index contributed by atoms with van der Waals surface area (Å²) in [6.07, 6.45) is 1.88. The number of aromatic nitrogens is 2. The van der Waals surface area contributed by atoms with Crippen molar-refractivity contribution in [1.82, 2.24) is 15.1 Å². The normalized spacial score (nSPS) is 11.6. The molecule has 0 spiro atoms. The molecule has 0 fully saturated rings. The Morgan fingerprint density at radius 1 is 1.28 bits per heavy atom. The number of amides is 2. The summed E-state index contributed by atoms with van der Waals surface area (Å²) in [5.74, 6) is -0.443. The number of hydrogen-bond donors (Lipinski definition) is 2. The first-order valence-corrected chi connectivity index (χ1v) is 7.99. The molecule has 25 heavy (non-hydrogen) atoms. The highest BCUT2D eigenvalue weighted by molar-refractivity contribution is 5.98. The van der Waals surface area contributed by atoms with Crippen molar-refractivity contribution in [1.29, 1.82) is 5.26 Å². The molecule has 1 unspecified atom stereocenters. The zero-order valence-corrected chi connectivity index (χ0v) is 14.5. The van der Waals surface area contributed by atoms with Crippen LogP contribution in [0.5, 0.6) is 0 Å². The number of nitrogens with one attached hydrogen (secondary N) is 2. The molecule has 2 N–H and O–H groups in total. The van der Waals surface area contributed by atoms with Crippen LogP contribution >= 0.6 is 0 Å². The van der Waals surface area contributed by atoms with Gasteiger partial charge in [-0.25, -0.2) is 0 Å². The molecule has 0 saturated heterocycles. The van der Waals surface area contributed by atoms with E-state index in [2.05, 4.69) is 15.7 Å². The molecule has 0 saturated carbocycles. The van der Waals surface area contributed by atoms with Crippen LogP contribution < -0.4 is 10.6 Å². The van der Waals surface area contributed by atoms with Gasteiger partial charge in [0.05, 0.1) is 5.69 Å². The van der Waals surface area contributed by atoms with Crippen LogP contribution in [0, 0.1) is 17.2 Å². The van der Waals surface area contributed by atoms with Crippen molar-refractivity contribution in [2.45, 2.75) is 26.3 Å². The summed E-state index contributed by atoms with van der Waals surface area (Å²) in [6.45, 7) is 3.87. The van der Waals surface area contributed by atoms with Crippen molar-refractivity contribution in [2.24, 2.45) is 13.0 Å². The van der Waals surface area contributed by atoms with Crippen LogP contribution in [-0.2, 0) is 16.6 Å². The number of hydrogen-bond acceptors (Lipinski definition) is 4. The van der Waals surface area contributed by atoms with Crippen molar-refractivity contribution >= 4 is 17.5 Å². The standard InChI is InChI=1S/C18H21N5O2/c1-12(2)9-16(24)21-17(13-7-5-4-6-8-13)18(25)20-15-11-23(3)22-14(15)10-19/h4-8,11-12,17H,9H2,1-3H3,(H,20,25)(H,21,24). The summed E-state index contributed by atoms with van der Waals surface area (Å²) in [5, 5.41) is 18.5. The number of nitriles is 1. The lowest BCUT2D eigenvalue weighted by molar-refractivity contribution is -0.127. The van der Waals surface area contributed by atoms with Gasteiger partial charge < -0.3 is 10.6 Å². The Morgan fingerprint density at radius 2 is 1.96 bits per heavy atom. The number of benzene rings is 1. The van der Waals surface area contributed by atoms with Gasteiger partial charge >= 0.3 is 0 Å². The van der Waals surface area contributed by atoms with Gasteiger partial charge in [0.15, 0.2) is 5.69 Å². The number of aryl methyl sites for hydroxylation is 1. The van der Waals surface area contributed by atoms with E-state index in [-0.39, 0.29) is 17.5 Å². The quantitative estimate of drug-likeness (QED) is 0.842. The summed E-state index contributed by atoms with van der Waals surface area (Å²) in [5.41, 5.74) is 1.10. The summed E-state index contributed by atoms with van der Waals surface area (Å²) in [4.78, 5) is 24.9. The Hall–Kier alpha value is -3.14. The highest BCUT2D eigenvalue weighted by Gasteiger charge is 2.24. The SMILES string of the molecule is CC(C)CC(=O)NC(C(=O)Nc1cn(C)nc1C#N)c1ccccc1. The topological polar surface area (TPSA) is 99.8 Å². The molecule has 2 aromatic rings. The predicted octanol–water partition coefficient (Wildman–Crippen LogP) is 2.13. The van der Waals surface area contributed by atoms with Crippen LogP contribution in [0.1, 0.15) is 37.6 Å². The average Bonchev–Trinajstić information content (AvgIpc) is 2.92. The maximum absolute atomic E-state index is 12.7. The largest absolute Gasteiger partial charge is 0.341 e. The molecule has 1 heterocycles. The fraction of sp³-hybridized carbons (Fsp3) is 0.333. The molecular formula is C18H21N5O2. The third-order valence-electron chi connectivity index (χ3n) is 3.49. The van der Waals surface area contributed by atoms with Crippen LogP contribution in [-0.4, -0.2) is 21.6 Å². The fourth-order valence-electron chi connectivity index (χ4n) is 2.40. The third kappa shape index (κ3) is 4.91. The fourth-order valence-corrected chi connectivity index (χ4v) is 2.40. The average molecular weight is 339 g/mol. The van der Waals surface area contributed by atoms with Crippen molar-refractivity contribution < 1.29 is 9.59 Å². The van der Waals surface area contributed by atoms with Gasteiger partial charge in [-0.3, -0.25) is 14.3 Å². The minimum atomic E-state index is -0.848. The number of nitrogens with zero attached hydrogens (tertiary/aromatic N) is 3. The monoisotopic (exact) mass is 339 g/mol. The highest BCUT2D eigenvalue weighted by atomic mass is 16.2. The molecule has 1 atom stereocenters. The maximum atomic E-state index is 12.7. The van der Waals surface area contributed by atoms with E-state index >= 15 is 0 Å². The Labute approximate surface area is 146 Å². The number of anilines is 1. The minimum absolute atomic E-state index is 0.121. The van der Waals surface area contributed by atoms with Crippen LogP contribution in [0.4, 0.5) is 5.69 Å². The molecule has 1 aromatic carbocycles. The van der Waals surface area contributed by atoms with Crippen molar-refractivity contribution in [2.75, 3.05) is 5.32 Å². The van der Waals surface area contributed by atoms with Gasteiger partial charge in [0.25, 0.3) is 5.91 Å². The maximum Gasteiger partial charge on any atom is 0.251 e. The molecule has 0 radical (unpaired) electrons. The number of rotatable bonds is 6. The minimum Gasteiger partial charge on any atom is -0.341 e. The summed E-state index contributed by atoms with van der Waals surface area (Å²) >= 11 is 0. The molecule has 1 aromatic heterocycles. The molecule has 7 heteroatoms. The Kier molecular flexibility index (Phi) is 5.90. The van der Waals surface area contributed by atoms with Gasteiger partial charge in [0.2, 0.25) is 5.91 Å². The van der Waals surface area contributed by atoms with E-state index in [1.54, 1.807) is 37.5 Å². The molecule has 130 valence electrons. The lowest BCUT2D eigenvalue weighted by Gasteiger charge is -2.19. The van der Waals surface area contributed by atoms with Gasteiger partial charge in [0, 0.05) is 19.7 Å². The molecule has 0 bridgehead atoms. The first kappa shape index (κ1) is 18.2. The van der Waals surface area contributed by atoms with E-state index in [4.69, 9.17) is 5.26 Å². The molecule has 7 nitrogen and oxygen atoms in total. The predicted molar refractivity (Wildman–Crippen MR) is 93.3 cm³/mol. The van der Waals surface area contributed by atoms with Gasteiger partial charge in [-0.1, -0.05) is 44.2 Å². The van der Waals surface area contributed by atoms with E-state index < -0.39 is 11.9 Å². The van der Waals surface area contributed by atoms with Gasteiger partial charge in [0.1, 0.15) is 12.1 Å². The zero-order valence-electron chi connectivity index (χ0n) is 14.5. The molecule has 0 aliphatic carbocycles. The van der Waals surface area contributed by atoms with Crippen LogP contribution in [0.15, 0.2) is 36.5 Å². The lowest BCUT2D eigenvalue weighted by Crippen LogP contribution is -2.37. The molecular weight excluding hydrogens is 318 g/mol. The number of carbonyl (C=O) groups is 2. The van der Waals surface area contributed by atoms with Crippen LogP contribution in [0.25, 0.3) is 0 Å². The molecule has 0 aliphatic heterocycles. The molecule has 0 aliphatic rings. The van der Waals surface area contributed by atoms with E-state index in [0.29, 0.717) is 17.7 Å². The highest BCUT2D eigenvalue weighted by Crippen LogP contribution is 2.18. The van der Waals surface area contributed by atoms with Crippen molar-refractivity contribution in [3.63, 3.8) is 0 Å². The van der Waals surface area contributed by atoms with E-state index in [9.17, 15) is 9.59 Å². The van der Waals surface area contributed by atoms with E-state index in [1.807, 2.05) is 26.0 Å². The van der Waals surface area contributed by atoms with Gasteiger partial charge in [-0.05, 0) is 11.5 Å². The van der Waals surface area contributed by atoms with Crippen LogP contribution in [0.2, 0.25) is 0 Å². The Morgan fingerprint density at radius 3 is 2.56 bits per heavy atom. The third-order valence-corrected chi connectivity index (χ3v) is 3.49.